The second-order valence-electron chi connectivity index (χ2n) is 13.3. The van der Waals surface area contributed by atoms with Crippen molar-refractivity contribution < 1.29 is 18.3 Å². The summed E-state index contributed by atoms with van der Waals surface area (Å²) in [6.07, 6.45) is 10.4. The Morgan fingerprint density at radius 3 is 2.44 bits per heavy atom. The molecule has 0 N–H and O–H groups in total. The summed E-state index contributed by atoms with van der Waals surface area (Å²) in [7, 11) is 3.62. The third-order valence-corrected chi connectivity index (χ3v) is 10.7. The topological polar surface area (TPSA) is 71.7 Å². The molecular formula is C34H45F2N7O2. The summed E-state index contributed by atoms with van der Waals surface area (Å²) in [6, 6.07) is 4.53. The molecule has 0 radical (unpaired) electrons. The Kier molecular flexibility index (Phi) is 8.41. The van der Waals surface area contributed by atoms with Crippen LogP contribution in [0.5, 0.6) is 0 Å². The monoisotopic (exact) mass is 621 g/mol. The first-order chi connectivity index (χ1) is 21.8. The van der Waals surface area contributed by atoms with E-state index in [1.807, 2.05) is 18.1 Å². The summed E-state index contributed by atoms with van der Waals surface area (Å²) in [4.78, 5) is 19.2. The van der Waals surface area contributed by atoms with Crippen molar-refractivity contribution in [3.63, 3.8) is 0 Å². The maximum atomic E-state index is 14.6. The lowest BCUT2D eigenvalue weighted by Crippen LogP contribution is -2.44. The molecule has 0 bridgehead atoms. The van der Waals surface area contributed by atoms with Crippen LogP contribution >= 0.6 is 0 Å². The quantitative estimate of drug-likeness (QED) is 0.346. The number of carbonyl (C=O) groups excluding carboxylic acids is 1. The minimum absolute atomic E-state index is 0.0132. The number of aromatic nitrogens is 4. The molecule has 3 aliphatic heterocycles. The molecule has 0 atom stereocenters. The fourth-order valence-corrected chi connectivity index (χ4v) is 8.22. The molecular weight excluding hydrogens is 576 g/mol. The van der Waals surface area contributed by atoms with Gasteiger partial charge in [-0.15, -0.1) is 0 Å². The standard InChI is InChI=1S/C34H45F2N7O2/c1-22(44)41-16-12-31-30(21-41)34(38-43(31)26-10-14-40(15-11-26)25-6-8-27(45-3)9-7-25)42-13-4-5-23-17-28(24-19-37-39(2)20-24)29(33(35)36)18-32(23)42/h17-20,25-27,33H,4-16,21H2,1-3H3. The molecule has 5 heterocycles. The van der Waals surface area contributed by atoms with Gasteiger partial charge in [0, 0.05) is 94.0 Å². The van der Waals surface area contributed by atoms with Gasteiger partial charge in [-0.1, -0.05) is 0 Å². The number of nitrogens with zero attached hydrogens (tertiary/aromatic N) is 7. The van der Waals surface area contributed by atoms with Crippen LogP contribution in [0.1, 0.15) is 86.7 Å². The first kappa shape index (κ1) is 30.3. The van der Waals surface area contributed by atoms with Crippen LogP contribution in [-0.4, -0.2) is 80.7 Å². The third kappa shape index (κ3) is 5.78. The van der Waals surface area contributed by atoms with Crippen LogP contribution in [-0.2, 0) is 36.0 Å². The van der Waals surface area contributed by atoms with Crippen molar-refractivity contribution in [2.45, 2.75) is 95.9 Å². The van der Waals surface area contributed by atoms with Gasteiger partial charge in [-0.2, -0.15) is 10.2 Å². The predicted molar refractivity (Wildman–Crippen MR) is 169 cm³/mol. The molecule has 9 nitrogen and oxygen atoms in total. The zero-order chi connectivity index (χ0) is 31.2. The number of piperidine rings is 1. The van der Waals surface area contributed by atoms with Gasteiger partial charge < -0.3 is 19.4 Å². The molecule has 0 unspecified atom stereocenters. The minimum atomic E-state index is -2.62. The first-order valence-corrected chi connectivity index (χ1v) is 16.6. The van der Waals surface area contributed by atoms with Gasteiger partial charge >= 0.3 is 0 Å². The number of methoxy groups -OCH3 is 1. The van der Waals surface area contributed by atoms with E-state index < -0.39 is 6.43 Å². The maximum Gasteiger partial charge on any atom is 0.264 e. The highest BCUT2D eigenvalue weighted by Crippen LogP contribution is 2.44. The van der Waals surface area contributed by atoms with Crippen molar-refractivity contribution in [2.75, 3.05) is 38.2 Å². The number of carbonyl (C=O) groups is 1. The third-order valence-electron chi connectivity index (χ3n) is 10.7. The van der Waals surface area contributed by atoms with E-state index in [0.29, 0.717) is 42.9 Å². The Bertz CT molecular complexity index is 1540. The normalized spacial score (nSPS) is 23.0. The summed E-state index contributed by atoms with van der Waals surface area (Å²) in [5.74, 6) is 0.877. The Morgan fingerprint density at radius 1 is 1.00 bits per heavy atom. The number of likely N-dealkylation sites (tertiary alicyclic amines) is 1. The van der Waals surface area contributed by atoms with Gasteiger partial charge in [0.25, 0.3) is 6.43 Å². The number of halogens is 2. The van der Waals surface area contributed by atoms with Gasteiger partial charge in [0.1, 0.15) is 0 Å². The molecule has 3 aromatic rings. The molecule has 1 aliphatic carbocycles. The number of hydrogen-bond acceptors (Lipinski definition) is 6. The molecule has 2 aromatic heterocycles. The van der Waals surface area contributed by atoms with E-state index in [4.69, 9.17) is 9.84 Å². The lowest BCUT2D eigenvalue weighted by molar-refractivity contribution is -0.129. The van der Waals surface area contributed by atoms with E-state index in [1.54, 1.807) is 37.1 Å². The molecule has 45 heavy (non-hydrogen) atoms. The number of alkyl halides is 2. The number of ether oxygens (including phenoxy) is 1. The first-order valence-electron chi connectivity index (χ1n) is 16.6. The number of hydrogen-bond donors (Lipinski definition) is 0. The molecule has 0 spiro atoms. The highest BCUT2D eigenvalue weighted by atomic mass is 19.3. The van der Waals surface area contributed by atoms with Crippen LogP contribution in [0.3, 0.4) is 0 Å². The Morgan fingerprint density at radius 2 is 1.78 bits per heavy atom. The van der Waals surface area contributed by atoms with Crippen LogP contribution in [0, 0.1) is 0 Å². The lowest BCUT2D eigenvalue weighted by atomic mass is 9.90. The van der Waals surface area contributed by atoms with Crippen LogP contribution in [0.15, 0.2) is 24.5 Å². The van der Waals surface area contributed by atoms with Crippen LogP contribution in [0.2, 0.25) is 0 Å². The fourth-order valence-electron chi connectivity index (χ4n) is 8.22. The summed E-state index contributed by atoms with van der Waals surface area (Å²) in [5, 5.41) is 9.55. The van der Waals surface area contributed by atoms with E-state index in [-0.39, 0.29) is 17.5 Å². The Hall–Kier alpha value is -3.31. The van der Waals surface area contributed by atoms with E-state index in [1.165, 1.54) is 18.5 Å². The molecule has 1 aromatic carbocycles. The van der Waals surface area contributed by atoms with Crippen molar-refractivity contribution in [1.29, 1.82) is 0 Å². The molecule has 11 heteroatoms. The highest BCUT2D eigenvalue weighted by molar-refractivity contribution is 5.78. The summed E-state index contributed by atoms with van der Waals surface area (Å²) in [5.41, 5.74) is 5.37. The van der Waals surface area contributed by atoms with Crippen LogP contribution < -0.4 is 4.90 Å². The van der Waals surface area contributed by atoms with Crippen molar-refractivity contribution in [2.24, 2.45) is 7.05 Å². The zero-order valence-electron chi connectivity index (χ0n) is 26.7. The predicted octanol–water partition coefficient (Wildman–Crippen LogP) is 5.80. The number of benzene rings is 1. The molecule has 1 saturated heterocycles. The molecule has 1 saturated carbocycles. The van der Waals surface area contributed by atoms with Gasteiger partial charge in [0.2, 0.25) is 5.91 Å². The number of anilines is 2. The van der Waals surface area contributed by atoms with Crippen LogP contribution in [0.25, 0.3) is 11.1 Å². The van der Waals surface area contributed by atoms with Gasteiger partial charge in [-0.05, 0) is 74.6 Å². The number of fused-ring (bicyclic) bond motifs is 2. The van der Waals surface area contributed by atoms with Crippen LogP contribution in [0.4, 0.5) is 20.3 Å². The second kappa shape index (κ2) is 12.5. The molecule has 7 rings (SSSR count). The second-order valence-corrected chi connectivity index (χ2v) is 13.3. The largest absolute Gasteiger partial charge is 0.381 e. The molecule has 2 fully saturated rings. The average molecular weight is 622 g/mol. The summed E-state index contributed by atoms with van der Waals surface area (Å²) < 4.78 is 38.6. The number of rotatable bonds is 6. The smallest absolute Gasteiger partial charge is 0.264 e. The average Bonchev–Trinajstić information content (AvgIpc) is 3.67. The van der Waals surface area contributed by atoms with E-state index in [9.17, 15) is 13.6 Å². The van der Waals surface area contributed by atoms with Gasteiger partial charge in [-0.3, -0.25) is 14.2 Å². The lowest BCUT2D eigenvalue weighted by Gasteiger charge is -2.41. The molecule has 4 aliphatic rings. The number of amides is 1. The van der Waals surface area contributed by atoms with Crippen molar-refractivity contribution in [3.05, 3.63) is 46.9 Å². The summed E-state index contributed by atoms with van der Waals surface area (Å²) in [6.45, 7) is 5.61. The van der Waals surface area contributed by atoms with E-state index in [2.05, 4.69) is 19.6 Å². The van der Waals surface area contributed by atoms with Crippen molar-refractivity contribution in [1.82, 2.24) is 29.4 Å². The Labute approximate surface area is 264 Å². The molecule has 242 valence electrons. The van der Waals surface area contributed by atoms with E-state index in [0.717, 1.165) is 80.7 Å². The fraction of sp³-hybridized carbons (Fsp3) is 0.618. The maximum absolute atomic E-state index is 14.6. The van der Waals surface area contributed by atoms with Gasteiger partial charge in [-0.25, -0.2) is 8.78 Å². The summed E-state index contributed by atoms with van der Waals surface area (Å²) >= 11 is 0. The van der Waals surface area contributed by atoms with E-state index >= 15 is 0 Å². The minimum Gasteiger partial charge on any atom is -0.381 e. The zero-order valence-corrected chi connectivity index (χ0v) is 26.7. The number of aryl methyl sites for hydroxylation is 2. The SMILES string of the molecule is COC1CCC(N2CCC(n3nc(N4CCCc5cc(-c6cnn(C)c6)c(C(F)F)cc54)c4c3CCN(C(C)=O)C4)CC2)CC1. The van der Waals surface area contributed by atoms with Crippen molar-refractivity contribution in [3.8, 4) is 11.1 Å². The molecule has 1 amide bonds. The Balaban J connectivity index is 1.21. The highest BCUT2D eigenvalue weighted by Gasteiger charge is 2.36. The van der Waals surface area contributed by atoms with Gasteiger partial charge in [0.05, 0.1) is 24.9 Å². The van der Waals surface area contributed by atoms with Crippen molar-refractivity contribution >= 4 is 17.4 Å². The van der Waals surface area contributed by atoms with Gasteiger partial charge in [0.15, 0.2) is 5.82 Å².